The molecule has 0 fully saturated rings. The summed E-state index contributed by atoms with van der Waals surface area (Å²) in [5.41, 5.74) is 7.59. The van der Waals surface area contributed by atoms with E-state index in [1.807, 2.05) is 6.92 Å². The highest BCUT2D eigenvalue weighted by Crippen LogP contribution is 2.33. The van der Waals surface area contributed by atoms with E-state index in [0.29, 0.717) is 29.4 Å². The second-order valence-corrected chi connectivity index (χ2v) is 3.76. The predicted molar refractivity (Wildman–Crippen MR) is 74.0 cm³/mol. The molecule has 5 heteroatoms. The number of hydrogen-bond donors (Lipinski definition) is 1. The molecule has 0 atom stereocenters. The fraction of sp³-hybridized carbons (Fsp3) is 0.357. The van der Waals surface area contributed by atoms with Gasteiger partial charge in [-0.15, -0.1) is 0 Å². The lowest BCUT2D eigenvalue weighted by molar-refractivity contribution is 0.174. The summed E-state index contributed by atoms with van der Waals surface area (Å²) in [4.78, 5) is 0. The molecule has 0 aliphatic carbocycles. The smallest absolute Gasteiger partial charge is 0.146 e. The quantitative estimate of drug-likeness (QED) is 0.628. The summed E-state index contributed by atoms with van der Waals surface area (Å²) in [6, 6.07) is 5.60. The molecule has 102 valence electrons. The van der Waals surface area contributed by atoms with Crippen LogP contribution < -0.4 is 15.2 Å². The summed E-state index contributed by atoms with van der Waals surface area (Å²) in [6.07, 6.45) is 1.72. The Labute approximate surface area is 113 Å². The Balaban J connectivity index is 3.13. The van der Waals surface area contributed by atoms with Crippen LogP contribution in [-0.4, -0.2) is 27.4 Å². The van der Waals surface area contributed by atoms with Crippen LogP contribution in [0, 0.1) is 11.3 Å². The fourth-order valence-electron chi connectivity index (χ4n) is 1.56. The minimum absolute atomic E-state index is 0.280. The lowest BCUT2D eigenvalue weighted by Gasteiger charge is -2.11. The van der Waals surface area contributed by atoms with Crippen LogP contribution in [0.2, 0.25) is 0 Å². The van der Waals surface area contributed by atoms with E-state index < -0.39 is 0 Å². The van der Waals surface area contributed by atoms with Crippen molar-refractivity contribution in [1.29, 1.82) is 5.26 Å². The molecule has 1 rings (SSSR count). The second kappa shape index (κ2) is 7.29. The molecule has 19 heavy (non-hydrogen) atoms. The zero-order valence-corrected chi connectivity index (χ0v) is 11.4. The first-order valence-electron chi connectivity index (χ1n) is 5.86. The first kappa shape index (κ1) is 14.9. The van der Waals surface area contributed by atoms with Gasteiger partial charge in [0.05, 0.1) is 32.5 Å². The molecule has 2 N–H and O–H groups in total. The van der Waals surface area contributed by atoms with Crippen LogP contribution in [0.25, 0.3) is 6.08 Å². The highest BCUT2D eigenvalue weighted by Gasteiger charge is 2.08. The minimum atomic E-state index is 0.280. The molecule has 1 aromatic carbocycles. The molecular weight excluding hydrogens is 244 g/mol. The Morgan fingerprint density at radius 1 is 1.32 bits per heavy atom. The number of ether oxygens (including phenoxy) is 3. The number of nitriles is 1. The first-order valence-corrected chi connectivity index (χ1v) is 5.86. The summed E-state index contributed by atoms with van der Waals surface area (Å²) in [5.74, 6) is 1.03. The maximum absolute atomic E-state index is 9.04. The molecule has 0 aromatic heterocycles. The maximum Gasteiger partial charge on any atom is 0.146 e. The minimum Gasteiger partial charge on any atom is -0.494 e. The molecule has 0 spiro atoms. The van der Waals surface area contributed by atoms with Crippen molar-refractivity contribution < 1.29 is 14.2 Å². The van der Waals surface area contributed by atoms with Gasteiger partial charge in [-0.25, -0.2) is 0 Å². The predicted octanol–water partition coefficient (Wildman–Crippen LogP) is 2.23. The van der Waals surface area contributed by atoms with Crippen LogP contribution in [0.1, 0.15) is 12.5 Å². The average molecular weight is 262 g/mol. The van der Waals surface area contributed by atoms with E-state index in [0.717, 1.165) is 5.56 Å². The molecule has 0 heterocycles. The Bertz CT molecular complexity index is 479. The number of benzene rings is 1. The number of methoxy groups -OCH3 is 2. The molecule has 5 nitrogen and oxygen atoms in total. The number of nitrogens with two attached hydrogens (primary N) is 1. The molecule has 0 saturated carbocycles. The van der Waals surface area contributed by atoms with Gasteiger partial charge in [-0.05, 0) is 30.7 Å². The van der Waals surface area contributed by atoms with Crippen molar-refractivity contribution in [3.63, 3.8) is 0 Å². The summed E-state index contributed by atoms with van der Waals surface area (Å²) < 4.78 is 15.6. The van der Waals surface area contributed by atoms with Crippen molar-refractivity contribution >= 4 is 11.8 Å². The molecule has 0 saturated heterocycles. The van der Waals surface area contributed by atoms with Crippen LogP contribution in [0.15, 0.2) is 17.7 Å². The van der Waals surface area contributed by atoms with Crippen molar-refractivity contribution in [2.75, 3.05) is 33.2 Å². The van der Waals surface area contributed by atoms with Crippen molar-refractivity contribution in [2.24, 2.45) is 0 Å². The summed E-state index contributed by atoms with van der Waals surface area (Å²) in [7, 11) is 3.06. The third-order valence-electron chi connectivity index (χ3n) is 2.51. The van der Waals surface area contributed by atoms with Crippen LogP contribution >= 0.6 is 0 Å². The van der Waals surface area contributed by atoms with Gasteiger partial charge in [0.25, 0.3) is 0 Å². The first-order chi connectivity index (χ1) is 9.15. The van der Waals surface area contributed by atoms with Crippen molar-refractivity contribution in [1.82, 2.24) is 0 Å². The fourth-order valence-corrected chi connectivity index (χ4v) is 1.56. The molecule has 0 unspecified atom stereocenters. The van der Waals surface area contributed by atoms with E-state index in [1.54, 1.807) is 18.2 Å². The highest BCUT2D eigenvalue weighted by atomic mass is 16.5. The molecule has 0 amide bonds. The topological polar surface area (TPSA) is 77.5 Å². The third-order valence-corrected chi connectivity index (χ3v) is 2.51. The monoisotopic (exact) mass is 262 g/mol. The van der Waals surface area contributed by atoms with Crippen LogP contribution in [-0.2, 0) is 4.74 Å². The van der Waals surface area contributed by atoms with Gasteiger partial charge in [-0.1, -0.05) is 0 Å². The second-order valence-electron chi connectivity index (χ2n) is 3.76. The van der Waals surface area contributed by atoms with E-state index in [2.05, 4.69) is 6.07 Å². The van der Waals surface area contributed by atoms with Crippen molar-refractivity contribution in [3.05, 3.63) is 23.3 Å². The Morgan fingerprint density at radius 2 is 1.89 bits per heavy atom. The van der Waals surface area contributed by atoms with Crippen LogP contribution in [0.4, 0.5) is 5.69 Å². The van der Waals surface area contributed by atoms with Gasteiger partial charge >= 0.3 is 0 Å². The lowest BCUT2D eigenvalue weighted by Crippen LogP contribution is -1.98. The SMILES string of the molecule is CCOCC(C#N)=Cc1cc(OC)c(N)c(OC)c1. The number of rotatable bonds is 6. The van der Waals surface area contributed by atoms with Gasteiger partial charge in [0.1, 0.15) is 17.2 Å². The van der Waals surface area contributed by atoms with Crippen molar-refractivity contribution in [3.8, 4) is 17.6 Å². The van der Waals surface area contributed by atoms with Crippen LogP contribution in [0.3, 0.4) is 0 Å². The van der Waals surface area contributed by atoms with E-state index in [-0.39, 0.29) is 6.61 Å². The molecular formula is C14H18N2O3. The van der Waals surface area contributed by atoms with E-state index in [1.165, 1.54) is 14.2 Å². The summed E-state index contributed by atoms with van der Waals surface area (Å²) in [6.45, 7) is 2.72. The van der Waals surface area contributed by atoms with Gasteiger partial charge in [-0.3, -0.25) is 0 Å². The average Bonchev–Trinajstić information content (AvgIpc) is 2.44. The standard InChI is InChI=1S/C14H18N2O3/c1-4-19-9-11(8-15)5-10-6-12(17-2)14(16)13(7-10)18-3/h5-7H,4,9,16H2,1-3H3. The Kier molecular flexibility index (Phi) is 5.71. The number of hydrogen-bond acceptors (Lipinski definition) is 5. The normalized spacial score (nSPS) is 10.9. The highest BCUT2D eigenvalue weighted by molar-refractivity contribution is 5.70. The Hall–Kier alpha value is -2.19. The van der Waals surface area contributed by atoms with E-state index >= 15 is 0 Å². The van der Waals surface area contributed by atoms with Gasteiger partial charge in [0.2, 0.25) is 0 Å². The number of anilines is 1. The molecule has 1 aromatic rings. The zero-order chi connectivity index (χ0) is 14.3. The molecule has 0 aliphatic heterocycles. The molecule has 0 bridgehead atoms. The van der Waals surface area contributed by atoms with Gasteiger partial charge < -0.3 is 19.9 Å². The lowest BCUT2D eigenvalue weighted by atomic mass is 10.1. The van der Waals surface area contributed by atoms with Crippen molar-refractivity contribution in [2.45, 2.75) is 6.92 Å². The number of nitrogen functional groups attached to an aromatic ring is 1. The number of nitrogens with zero attached hydrogens (tertiary/aromatic N) is 1. The van der Waals surface area contributed by atoms with Crippen LogP contribution in [0.5, 0.6) is 11.5 Å². The Morgan fingerprint density at radius 3 is 2.32 bits per heavy atom. The van der Waals surface area contributed by atoms with E-state index in [4.69, 9.17) is 25.2 Å². The summed E-state index contributed by atoms with van der Waals surface area (Å²) in [5, 5.41) is 9.04. The van der Waals surface area contributed by atoms with Gasteiger partial charge in [0, 0.05) is 6.61 Å². The third kappa shape index (κ3) is 3.90. The van der Waals surface area contributed by atoms with Gasteiger partial charge in [0.15, 0.2) is 0 Å². The van der Waals surface area contributed by atoms with E-state index in [9.17, 15) is 0 Å². The molecule has 0 radical (unpaired) electrons. The zero-order valence-electron chi connectivity index (χ0n) is 11.4. The largest absolute Gasteiger partial charge is 0.494 e. The molecule has 0 aliphatic rings. The maximum atomic E-state index is 9.04. The van der Waals surface area contributed by atoms with Gasteiger partial charge in [-0.2, -0.15) is 5.26 Å². The summed E-state index contributed by atoms with van der Waals surface area (Å²) >= 11 is 0.